The highest BCUT2D eigenvalue weighted by Crippen LogP contribution is 2.27. The molecule has 102 valence electrons. The van der Waals surface area contributed by atoms with Gasteiger partial charge in [0.05, 0.1) is 11.6 Å². The third-order valence-corrected chi connectivity index (χ3v) is 3.64. The number of carbonyl (C=O) groups is 1. The summed E-state index contributed by atoms with van der Waals surface area (Å²) in [4.78, 5) is 13.9. The first-order chi connectivity index (χ1) is 9.08. The molecular weight excluding hydrogens is 242 g/mol. The van der Waals surface area contributed by atoms with Crippen molar-refractivity contribution in [1.29, 1.82) is 5.26 Å². The monoisotopic (exact) mass is 261 g/mol. The molecule has 2 rings (SSSR count). The fourth-order valence-corrected chi connectivity index (χ4v) is 2.73. The van der Waals surface area contributed by atoms with Crippen molar-refractivity contribution >= 4 is 11.7 Å². The smallest absolute Gasteiger partial charge is 0.224 e. The van der Waals surface area contributed by atoms with Crippen molar-refractivity contribution in [1.82, 2.24) is 15.1 Å². The first-order valence-electron chi connectivity index (χ1n) is 6.48. The van der Waals surface area contributed by atoms with E-state index in [2.05, 4.69) is 21.4 Å². The van der Waals surface area contributed by atoms with Gasteiger partial charge in [-0.25, -0.2) is 0 Å². The van der Waals surface area contributed by atoms with E-state index in [1.165, 1.54) is 0 Å². The number of anilines is 1. The number of rotatable bonds is 2. The van der Waals surface area contributed by atoms with Crippen LogP contribution in [0.1, 0.15) is 24.1 Å². The Balaban J connectivity index is 2.27. The van der Waals surface area contributed by atoms with Crippen LogP contribution in [0.4, 0.5) is 5.82 Å². The number of nitriles is 1. The number of carbonyl (C=O) groups excluding carboxylic acids is 1. The molecule has 1 aromatic heterocycles. The molecule has 1 aliphatic heterocycles. The van der Waals surface area contributed by atoms with Crippen molar-refractivity contribution in [2.45, 2.75) is 19.8 Å². The molecule has 1 amide bonds. The van der Waals surface area contributed by atoms with Crippen molar-refractivity contribution in [2.24, 2.45) is 13.0 Å². The van der Waals surface area contributed by atoms with E-state index in [9.17, 15) is 10.1 Å². The van der Waals surface area contributed by atoms with Gasteiger partial charge in [0.2, 0.25) is 5.91 Å². The second-order valence-electron chi connectivity index (χ2n) is 4.92. The van der Waals surface area contributed by atoms with Crippen molar-refractivity contribution in [3.05, 3.63) is 11.3 Å². The molecule has 1 saturated heterocycles. The quantitative estimate of drug-likeness (QED) is 0.844. The summed E-state index contributed by atoms with van der Waals surface area (Å²) in [7, 11) is 3.50. The fraction of sp³-hybridized carbons (Fsp3) is 0.615. The van der Waals surface area contributed by atoms with Crippen LogP contribution < -0.4 is 10.2 Å². The summed E-state index contributed by atoms with van der Waals surface area (Å²) in [6.07, 6.45) is 1.85. The second-order valence-corrected chi connectivity index (χ2v) is 4.92. The van der Waals surface area contributed by atoms with Crippen LogP contribution in [0.5, 0.6) is 0 Å². The maximum atomic E-state index is 11.8. The minimum atomic E-state index is -0.0134. The van der Waals surface area contributed by atoms with Crippen molar-refractivity contribution < 1.29 is 4.79 Å². The standard InChI is InChI=1S/C13H19N5O/c1-9-11(7-14)13(17(3)16-9)18-6-4-5-10(8-18)12(19)15-2/h10H,4-6,8H2,1-3H3,(H,15,19). The van der Waals surface area contributed by atoms with Crippen molar-refractivity contribution in [3.8, 4) is 6.07 Å². The normalized spacial score (nSPS) is 19.1. The van der Waals surface area contributed by atoms with Crippen LogP contribution in [0.3, 0.4) is 0 Å². The highest BCUT2D eigenvalue weighted by atomic mass is 16.1. The van der Waals surface area contributed by atoms with Gasteiger partial charge in [0.15, 0.2) is 0 Å². The topological polar surface area (TPSA) is 74.0 Å². The minimum Gasteiger partial charge on any atom is -0.359 e. The summed E-state index contributed by atoms with van der Waals surface area (Å²) in [6, 6.07) is 2.21. The van der Waals surface area contributed by atoms with Crippen LogP contribution in [0.15, 0.2) is 0 Å². The zero-order valence-corrected chi connectivity index (χ0v) is 11.6. The van der Waals surface area contributed by atoms with E-state index in [1.54, 1.807) is 11.7 Å². The Bertz CT molecular complexity index is 528. The lowest BCUT2D eigenvalue weighted by Crippen LogP contribution is -2.43. The lowest BCUT2D eigenvalue weighted by Gasteiger charge is -2.33. The number of amides is 1. The van der Waals surface area contributed by atoms with Gasteiger partial charge in [-0.2, -0.15) is 10.4 Å². The molecule has 1 unspecified atom stereocenters. The molecule has 1 aromatic rings. The molecule has 0 aromatic carbocycles. The number of nitrogens with one attached hydrogen (secondary N) is 1. The van der Waals surface area contributed by atoms with Gasteiger partial charge >= 0.3 is 0 Å². The van der Waals surface area contributed by atoms with Gasteiger partial charge < -0.3 is 10.2 Å². The average Bonchev–Trinajstić information content (AvgIpc) is 2.71. The Morgan fingerprint density at radius 1 is 1.58 bits per heavy atom. The number of hydrogen-bond donors (Lipinski definition) is 1. The fourth-order valence-electron chi connectivity index (χ4n) is 2.73. The van der Waals surface area contributed by atoms with Crippen LogP contribution in [-0.2, 0) is 11.8 Å². The molecule has 1 aliphatic rings. The van der Waals surface area contributed by atoms with E-state index >= 15 is 0 Å². The Morgan fingerprint density at radius 3 is 2.95 bits per heavy atom. The van der Waals surface area contributed by atoms with Crippen molar-refractivity contribution in [3.63, 3.8) is 0 Å². The third kappa shape index (κ3) is 2.41. The van der Waals surface area contributed by atoms with Gasteiger partial charge in [-0.05, 0) is 19.8 Å². The summed E-state index contributed by atoms with van der Waals surface area (Å²) >= 11 is 0. The molecule has 0 bridgehead atoms. The first-order valence-corrected chi connectivity index (χ1v) is 6.48. The zero-order chi connectivity index (χ0) is 14.0. The molecule has 1 atom stereocenters. The number of nitrogens with zero attached hydrogens (tertiary/aromatic N) is 4. The van der Waals surface area contributed by atoms with E-state index in [0.717, 1.165) is 30.9 Å². The summed E-state index contributed by atoms with van der Waals surface area (Å²) in [6.45, 7) is 3.34. The minimum absolute atomic E-state index is 0.0134. The van der Waals surface area contributed by atoms with Gasteiger partial charge in [-0.3, -0.25) is 9.48 Å². The molecule has 0 radical (unpaired) electrons. The van der Waals surface area contributed by atoms with Gasteiger partial charge in [0.25, 0.3) is 0 Å². The number of piperidine rings is 1. The van der Waals surface area contributed by atoms with Crippen LogP contribution in [0.2, 0.25) is 0 Å². The predicted octanol–water partition coefficient (Wildman–Crippen LogP) is 0.563. The van der Waals surface area contributed by atoms with Gasteiger partial charge in [0, 0.05) is 27.2 Å². The third-order valence-electron chi connectivity index (χ3n) is 3.64. The molecule has 1 N–H and O–H groups in total. The highest BCUT2D eigenvalue weighted by Gasteiger charge is 2.28. The highest BCUT2D eigenvalue weighted by molar-refractivity contribution is 5.79. The SMILES string of the molecule is CNC(=O)C1CCCN(c2c(C#N)c(C)nn2C)C1. The van der Waals surface area contributed by atoms with Crippen LogP contribution in [0, 0.1) is 24.2 Å². The van der Waals surface area contributed by atoms with E-state index < -0.39 is 0 Å². The molecule has 0 aliphatic carbocycles. The molecule has 0 spiro atoms. The van der Waals surface area contributed by atoms with E-state index in [-0.39, 0.29) is 11.8 Å². The summed E-state index contributed by atoms with van der Waals surface area (Å²) in [5.74, 6) is 0.885. The summed E-state index contributed by atoms with van der Waals surface area (Å²) in [5.41, 5.74) is 1.35. The summed E-state index contributed by atoms with van der Waals surface area (Å²) < 4.78 is 1.74. The molecule has 6 heteroatoms. The van der Waals surface area contributed by atoms with E-state index in [0.29, 0.717) is 12.1 Å². The maximum absolute atomic E-state index is 11.8. The molecule has 1 fully saturated rings. The lowest BCUT2D eigenvalue weighted by atomic mass is 9.97. The second kappa shape index (κ2) is 5.31. The van der Waals surface area contributed by atoms with Gasteiger partial charge in [-0.1, -0.05) is 0 Å². The van der Waals surface area contributed by atoms with Crippen LogP contribution in [-0.4, -0.2) is 35.8 Å². The van der Waals surface area contributed by atoms with Gasteiger partial charge in [-0.15, -0.1) is 0 Å². The van der Waals surface area contributed by atoms with E-state index in [4.69, 9.17) is 0 Å². The number of hydrogen-bond acceptors (Lipinski definition) is 4. The Morgan fingerprint density at radius 2 is 2.32 bits per heavy atom. The average molecular weight is 261 g/mol. The predicted molar refractivity (Wildman–Crippen MR) is 71.7 cm³/mol. The summed E-state index contributed by atoms with van der Waals surface area (Å²) in [5, 5.41) is 16.3. The lowest BCUT2D eigenvalue weighted by molar-refractivity contribution is -0.124. The molecule has 19 heavy (non-hydrogen) atoms. The van der Waals surface area contributed by atoms with Crippen molar-refractivity contribution in [2.75, 3.05) is 25.0 Å². The molecular formula is C13H19N5O. The Hall–Kier alpha value is -2.03. The zero-order valence-electron chi connectivity index (χ0n) is 11.6. The number of aryl methyl sites for hydroxylation is 2. The first kappa shape index (κ1) is 13.4. The maximum Gasteiger partial charge on any atom is 0.224 e. The van der Waals surface area contributed by atoms with Crippen LogP contribution in [0.25, 0.3) is 0 Å². The Labute approximate surface area is 113 Å². The Kier molecular flexibility index (Phi) is 3.74. The van der Waals surface area contributed by atoms with Crippen LogP contribution >= 0.6 is 0 Å². The number of aromatic nitrogens is 2. The molecule has 6 nitrogen and oxygen atoms in total. The molecule has 0 saturated carbocycles. The van der Waals surface area contributed by atoms with Gasteiger partial charge in [0.1, 0.15) is 17.5 Å². The molecule has 2 heterocycles. The van der Waals surface area contributed by atoms with E-state index in [1.807, 2.05) is 14.0 Å². The largest absolute Gasteiger partial charge is 0.359 e.